The van der Waals surface area contributed by atoms with Crippen LogP contribution in [0.15, 0.2) is 18.2 Å². The van der Waals surface area contributed by atoms with Crippen molar-refractivity contribution < 1.29 is 0 Å². The molecule has 2 nitrogen and oxygen atoms in total. The molecule has 0 saturated carbocycles. The SMILES string of the molecule is Cc1ccc(N2CCNC(C(C)(C)C)C2)cc1C. The fourth-order valence-corrected chi connectivity index (χ4v) is 2.49. The van der Waals surface area contributed by atoms with Gasteiger partial charge in [-0.3, -0.25) is 0 Å². The smallest absolute Gasteiger partial charge is 0.0370 e. The molecular formula is C16H26N2. The molecule has 0 aromatic heterocycles. The standard InChI is InChI=1S/C16H26N2/c1-12-6-7-14(10-13(12)2)18-9-8-17-15(11-18)16(3,4)5/h6-7,10,15,17H,8-9,11H2,1-5H3. The maximum absolute atomic E-state index is 3.64. The number of nitrogens with one attached hydrogen (secondary N) is 1. The summed E-state index contributed by atoms with van der Waals surface area (Å²) in [5.74, 6) is 0. The summed E-state index contributed by atoms with van der Waals surface area (Å²) in [5.41, 5.74) is 4.45. The highest BCUT2D eigenvalue weighted by molar-refractivity contribution is 5.51. The molecule has 18 heavy (non-hydrogen) atoms. The Morgan fingerprint density at radius 1 is 1.17 bits per heavy atom. The number of nitrogens with zero attached hydrogens (tertiary/aromatic N) is 1. The van der Waals surface area contributed by atoms with Crippen LogP contribution >= 0.6 is 0 Å². The quantitative estimate of drug-likeness (QED) is 0.819. The number of aryl methyl sites for hydroxylation is 2. The van der Waals surface area contributed by atoms with Gasteiger partial charge in [-0.15, -0.1) is 0 Å². The highest BCUT2D eigenvalue weighted by Gasteiger charge is 2.29. The van der Waals surface area contributed by atoms with Gasteiger partial charge in [-0.2, -0.15) is 0 Å². The Bertz CT molecular complexity index is 418. The van der Waals surface area contributed by atoms with Crippen LogP contribution in [0.5, 0.6) is 0 Å². The molecule has 0 bridgehead atoms. The summed E-state index contributed by atoms with van der Waals surface area (Å²) >= 11 is 0. The van der Waals surface area contributed by atoms with Gasteiger partial charge in [-0.1, -0.05) is 26.8 Å². The fourth-order valence-electron chi connectivity index (χ4n) is 2.49. The minimum atomic E-state index is 0.318. The van der Waals surface area contributed by atoms with Crippen molar-refractivity contribution in [2.45, 2.75) is 40.7 Å². The molecule has 1 atom stereocenters. The van der Waals surface area contributed by atoms with Crippen molar-refractivity contribution in [3.63, 3.8) is 0 Å². The third-order valence-corrected chi connectivity index (χ3v) is 4.08. The molecule has 100 valence electrons. The molecule has 0 aliphatic carbocycles. The van der Waals surface area contributed by atoms with Gasteiger partial charge in [0.1, 0.15) is 0 Å². The Balaban J connectivity index is 2.15. The van der Waals surface area contributed by atoms with Crippen LogP contribution in [0, 0.1) is 19.3 Å². The van der Waals surface area contributed by atoms with E-state index in [9.17, 15) is 0 Å². The molecule has 0 radical (unpaired) electrons. The van der Waals surface area contributed by atoms with Gasteiger partial charge >= 0.3 is 0 Å². The summed E-state index contributed by atoms with van der Waals surface area (Å²) in [4.78, 5) is 2.51. The Hall–Kier alpha value is -1.02. The number of hydrogen-bond donors (Lipinski definition) is 1. The van der Waals surface area contributed by atoms with Gasteiger partial charge in [-0.25, -0.2) is 0 Å². The first kappa shape index (κ1) is 13.4. The minimum Gasteiger partial charge on any atom is -0.369 e. The molecule has 1 aliphatic rings. The van der Waals surface area contributed by atoms with Gasteiger partial charge in [0.2, 0.25) is 0 Å². The van der Waals surface area contributed by atoms with Gasteiger partial charge in [0, 0.05) is 31.4 Å². The van der Waals surface area contributed by atoms with Gasteiger partial charge in [-0.05, 0) is 42.5 Å². The first-order chi connectivity index (χ1) is 8.38. The maximum atomic E-state index is 3.64. The Morgan fingerprint density at radius 3 is 2.50 bits per heavy atom. The van der Waals surface area contributed by atoms with Crippen molar-refractivity contribution >= 4 is 5.69 Å². The largest absolute Gasteiger partial charge is 0.369 e. The van der Waals surface area contributed by atoms with Gasteiger partial charge in [0.15, 0.2) is 0 Å². The number of rotatable bonds is 1. The van der Waals surface area contributed by atoms with Crippen molar-refractivity contribution in [3.05, 3.63) is 29.3 Å². The van der Waals surface area contributed by atoms with Gasteiger partial charge in [0.25, 0.3) is 0 Å². The predicted molar refractivity (Wildman–Crippen MR) is 79.4 cm³/mol. The second-order valence-electron chi connectivity index (χ2n) is 6.59. The van der Waals surface area contributed by atoms with Crippen LogP contribution in [0.2, 0.25) is 0 Å². The second-order valence-corrected chi connectivity index (χ2v) is 6.59. The van der Waals surface area contributed by atoms with Crippen LogP contribution in [-0.2, 0) is 0 Å². The van der Waals surface area contributed by atoms with Crippen LogP contribution < -0.4 is 10.2 Å². The average molecular weight is 246 g/mol. The summed E-state index contributed by atoms with van der Waals surface area (Å²) in [6.07, 6.45) is 0. The maximum Gasteiger partial charge on any atom is 0.0370 e. The lowest BCUT2D eigenvalue weighted by atomic mass is 9.85. The van der Waals surface area contributed by atoms with Crippen molar-refractivity contribution in [2.24, 2.45) is 5.41 Å². The zero-order valence-corrected chi connectivity index (χ0v) is 12.4. The van der Waals surface area contributed by atoms with Crippen molar-refractivity contribution in [3.8, 4) is 0 Å². The first-order valence-corrected chi connectivity index (χ1v) is 6.93. The Kier molecular flexibility index (Phi) is 3.67. The highest BCUT2D eigenvalue weighted by Crippen LogP contribution is 2.25. The van der Waals surface area contributed by atoms with Gasteiger partial charge < -0.3 is 10.2 Å². The van der Waals surface area contributed by atoms with Gasteiger partial charge in [0.05, 0.1) is 0 Å². The molecule has 1 aromatic carbocycles. The van der Waals surface area contributed by atoms with Crippen LogP contribution in [0.4, 0.5) is 5.69 Å². The third-order valence-electron chi connectivity index (χ3n) is 4.08. The number of benzene rings is 1. The van der Waals surface area contributed by atoms with Crippen LogP contribution in [-0.4, -0.2) is 25.7 Å². The summed E-state index contributed by atoms with van der Waals surface area (Å²) in [6, 6.07) is 7.37. The van der Waals surface area contributed by atoms with Crippen LogP contribution in [0.3, 0.4) is 0 Å². The van der Waals surface area contributed by atoms with E-state index >= 15 is 0 Å². The fraction of sp³-hybridized carbons (Fsp3) is 0.625. The van der Waals surface area contributed by atoms with E-state index < -0.39 is 0 Å². The van der Waals surface area contributed by atoms with E-state index in [1.807, 2.05) is 0 Å². The zero-order valence-electron chi connectivity index (χ0n) is 12.4. The molecule has 2 heteroatoms. The molecule has 2 rings (SSSR count). The summed E-state index contributed by atoms with van der Waals surface area (Å²) < 4.78 is 0. The second kappa shape index (κ2) is 4.93. The lowest BCUT2D eigenvalue weighted by molar-refractivity contribution is 0.254. The van der Waals surface area contributed by atoms with E-state index in [-0.39, 0.29) is 0 Å². The minimum absolute atomic E-state index is 0.318. The topological polar surface area (TPSA) is 15.3 Å². The summed E-state index contributed by atoms with van der Waals surface area (Å²) in [7, 11) is 0. The average Bonchev–Trinajstić information content (AvgIpc) is 2.32. The number of hydrogen-bond acceptors (Lipinski definition) is 2. The normalized spacial score (nSPS) is 21.2. The van der Waals surface area contributed by atoms with Crippen LogP contribution in [0.25, 0.3) is 0 Å². The molecule has 1 heterocycles. The Labute approximate surface area is 111 Å². The molecule has 0 spiro atoms. The monoisotopic (exact) mass is 246 g/mol. The lowest BCUT2D eigenvalue weighted by Crippen LogP contribution is -2.56. The molecule has 0 amide bonds. The first-order valence-electron chi connectivity index (χ1n) is 6.93. The molecule has 1 aromatic rings. The van der Waals surface area contributed by atoms with Crippen LogP contribution in [0.1, 0.15) is 31.9 Å². The molecule has 1 N–H and O–H groups in total. The van der Waals surface area contributed by atoms with Crippen molar-refractivity contribution in [1.29, 1.82) is 0 Å². The van der Waals surface area contributed by atoms with E-state index in [1.54, 1.807) is 0 Å². The summed E-state index contributed by atoms with van der Waals surface area (Å²) in [5, 5.41) is 3.64. The van der Waals surface area contributed by atoms with E-state index in [0.717, 1.165) is 19.6 Å². The predicted octanol–water partition coefficient (Wildman–Crippen LogP) is 3.13. The summed E-state index contributed by atoms with van der Waals surface area (Å²) in [6.45, 7) is 14.6. The van der Waals surface area contributed by atoms with Crippen molar-refractivity contribution in [2.75, 3.05) is 24.5 Å². The molecular weight excluding hydrogens is 220 g/mol. The lowest BCUT2D eigenvalue weighted by Gasteiger charge is -2.41. The molecule has 1 aliphatic heterocycles. The Morgan fingerprint density at radius 2 is 1.89 bits per heavy atom. The number of piperazine rings is 1. The van der Waals surface area contributed by atoms with E-state index in [1.165, 1.54) is 16.8 Å². The van der Waals surface area contributed by atoms with Crippen molar-refractivity contribution in [1.82, 2.24) is 5.32 Å². The molecule has 1 saturated heterocycles. The molecule has 1 fully saturated rings. The van der Waals surface area contributed by atoms with E-state index in [2.05, 4.69) is 63.0 Å². The zero-order chi connectivity index (χ0) is 13.3. The van der Waals surface area contributed by atoms with E-state index in [4.69, 9.17) is 0 Å². The third kappa shape index (κ3) is 2.86. The number of anilines is 1. The molecule has 1 unspecified atom stereocenters. The highest BCUT2D eigenvalue weighted by atomic mass is 15.2. The van der Waals surface area contributed by atoms with E-state index in [0.29, 0.717) is 11.5 Å².